The van der Waals surface area contributed by atoms with Gasteiger partial charge in [0.05, 0.1) is 17.9 Å². The van der Waals surface area contributed by atoms with Gasteiger partial charge in [0, 0.05) is 34.2 Å². The van der Waals surface area contributed by atoms with Crippen molar-refractivity contribution in [3.05, 3.63) is 41.4 Å². The maximum Gasteiger partial charge on any atom is 0.427 e. The number of ether oxygens (including phenoxy) is 3. The third-order valence-corrected chi connectivity index (χ3v) is 14.5. The summed E-state index contributed by atoms with van der Waals surface area (Å²) in [5, 5.41) is 6.65. The molecule has 330 valence electrons. The van der Waals surface area contributed by atoms with Crippen molar-refractivity contribution in [3.63, 3.8) is 0 Å². The van der Waals surface area contributed by atoms with E-state index in [0.29, 0.717) is 74.8 Å². The van der Waals surface area contributed by atoms with Crippen LogP contribution in [-0.2, 0) is 29.1 Å². The molecule has 2 aliphatic carbocycles. The molecule has 3 fully saturated rings. The standard InChI is InChI=1S/C41H53ClF3N5O9S/c1-7-17-57-31-20-28-27(13-10-14-29(28)42)34(46-31)58-26-19-30-33(51)48-40(36(53)49-60(55,56)39(6)15-16-39)21-25(40)12-9-8-11-23(2)18-24(3)32(35(52)50(30)22-26)47-37(54)59-38(4,5)41(43,44)45/h9-10,12-14,20,23-26,30,32H,7-8,11,15-19,21-22H2,1-6H3,(H,47,54)(H,48,51)(H,49,53)/b12-9-/t23-,24-,25?,26-,30+,32+,40-/m1/s1. The Hall–Kier alpha value is -4.32. The number of alkyl halides is 3. The third-order valence-electron chi connectivity index (χ3n) is 12.0. The Labute approximate surface area is 352 Å². The summed E-state index contributed by atoms with van der Waals surface area (Å²) in [4.78, 5) is 62.3. The van der Waals surface area contributed by atoms with Crippen LogP contribution in [0.4, 0.5) is 18.0 Å². The van der Waals surface area contributed by atoms with E-state index >= 15 is 0 Å². The number of sulfonamides is 1. The van der Waals surface area contributed by atoms with Crippen LogP contribution >= 0.6 is 11.6 Å². The van der Waals surface area contributed by atoms with Crippen molar-refractivity contribution in [2.45, 2.75) is 133 Å². The van der Waals surface area contributed by atoms with Gasteiger partial charge in [0.2, 0.25) is 39.2 Å². The number of pyridine rings is 1. The lowest BCUT2D eigenvalue weighted by Crippen LogP contribution is -2.59. The van der Waals surface area contributed by atoms with Crippen molar-refractivity contribution in [1.82, 2.24) is 25.2 Å². The minimum Gasteiger partial charge on any atom is -0.478 e. The highest BCUT2D eigenvalue weighted by atomic mass is 35.5. The lowest BCUT2D eigenvalue weighted by Gasteiger charge is -2.34. The summed E-state index contributed by atoms with van der Waals surface area (Å²) in [5.74, 6) is -3.46. The molecule has 0 spiro atoms. The number of hydrogen-bond donors (Lipinski definition) is 3. The molecule has 0 bridgehead atoms. The number of fused-ring (bicyclic) bond motifs is 3. The summed E-state index contributed by atoms with van der Waals surface area (Å²) < 4.78 is 86.0. The van der Waals surface area contributed by atoms with Gasteiger partial charge in [-0.15, -0.1) is 0 Å². The Balaban J connectivity index is 1.37. The molecule has 7 atom stereocenters. The molecule has 3 heterocycles. The van der Waals surface area contributed by atoms with E-state index in [1.165, 1.54) is 11.8 Å². The number of benzene rings is 1. The first kappa shape index (κ1) is 45.2. The molecule has 2 saturated carbocycles. The zero-order chi connectivity index (χ0) is 44.0. The number of halogens is 4. The Kier molecular flexibility index (Phi) is 12.7. The molecule has 3 N–H and O–H groups in total. The molecule has 2 aromatic rings. The number of aromatic nitrogens is 1. The van der Waals surface area contributed by atoms with Crippen molar-refractivity contribution < 1.29 is 55.0 Å². The number of carbonyl (C=O) groups excluding carboxylic acids is 4. The lowest BCUT2D eigenvalue weighted by atomic mass is 9.88. The van der Waals surface area contributed by atoms with Gasteiger partial charge in [-0.3, -0.25) is 19.1 Å². The van der Waals surface area contributed by atoms with E-state index in [9.17, 15) is 40.8 Å². The molecular weight excluding hydrogens is 831 g/mol. The normalized spacial score (nSPS) is 28.9. The van der Waals surface area contributed by atoms with Crippen LogP contribution < -0.4 is 24.8 Å². The number of alkyl carbamates (subject to hydrolysis) is 1. The maximum atomic E-state index is 14.8. The van der Waals surface area contributed by atoms with Crippen LogP contribution in [0, 0.1) is 17.8 Å². The van der Waals surface area contributed by atoms with Crippen LogP contribution in [-0.4, -0.2) is 95.5 Å². The lowest BCUT2D eigenvalue weighted by molar-refractivity contribution is -0.244. The summed E-state index contributed by atoms with van der Waals surface area (Å²) in [6.07, 6.45) is -0.849. The monoisotopic (exact) mass is 883 g/mol. The summed E-state index contributed by atoms with van der Waals surface area (Å²) >= 11 is 6.56. The number of nitrogens with one attached hydrogen (secondary N) is 3. The molecule has 1 aromatic carbocycles. The van der Waals surface area contributed by atoms with Crippen LogP contribution in [0.25, 0.3) is 10.8 Å². The van der Waals surface area contributed by atoms with Crippen LogP contribution in [0.2, 0.25) is 5.02 Å². The molecule has 19 heteroatoms. The smallest absolute Gasteiger partial charge is 0.427 e. The van der Waals surface area contributed by atoms with E-state index in [2.05, 4.69) is 20.3 Å². The van der Waals surface area contributed by atoms with Crippen LogP contribution in [0.1, 0.15) is 92.9 Å². The summed E-state index contributed by atoms with van der Waals surface area (Å²) in [5.41, 5.74) is -4.56. The first-order chi connectivity index (χ1) is 28.0. The number of nitrogens with zero attached hydrogens (tertiary/aromatic N) is 2. The highest BCUT2D eigenvalue weighted by Crippen LogP contribution is 2.48. The van der Waals surface area contributed by atoms with Crippen LogP contribution in [0.5, 0.6) is 11.8 Å². The Morgan fingerprint density at radius 3 is 2.50 bits per heavy atom. The zero-order valence-electron chi connectivity index (χ0n) is 34.5. The highest BCUT2D eigenvalue weighted by Gasteiger charge is 2.63. The molecule has 6 rings (SSSR count). The van der Waals surface area contributed by atoms with Crippen LogP contribution in [0.3, 0.4) is 0 Å². The van der Waals surface area contributed by atoms with Crippen molar-refractivity contribution in [1.29, 1.82) is 0 Å². The summed E-state index contributed by atoms with van der Waals surface area (Å²) in [6, 6.07) is 3.97. The fourth-order valence-electron chi connectivity index (χ4n) is 7.76. The van der Waals surface area contributed by atoms with Gasteiger partial charge in [0.25, 0.3) is 5.91 Å². The summed E-state index contributed by atoms with van der Waals surface area (Å²) in [7, 11) is -4.09. The minimum absolute atomic E-state index is 0.0511. The number of amides is 4. The van der Waals surface area contributed by atoms with Gasteiger partial charge in [0.15, 0.2) is 0 Å². The zero-order valence-corrected chi connectivity index (χ0v) is 36.1. The fourth-order valence-corrected chi connectivity index (χ4v) is 9.30. The molecule has 0 radical (unpaired) electrons. The SMILES string of the molecule is CCCOc1cc2c(Cl)cccc2c(O[C@@H]2C[C@H]3C(=O)N[C@]4(C(=O)NS(=O)(=O)C5(C)CC5)CC4/C=C\CC[C@@H](C)C[C@@H](C)[C@H](NC(=O)OC(C)(C)C(F)(F)F)C(=O)N3C2)n1. The van der Waals surface area contributed by atoms with Crippen LogP contribution in [0.15, 0.2) is 36.4 Å². The Morgan fingerprint density at radius 2 is 1.83 bits per heavy atom. The van der Waals surface area contributed by atoms with Crippen molar-refractivity contribution in [2.75, 3.05) is 13.2 Å². The van der Waals surface area contributed by atoms with Gasteiger partial charge in [-0.2, -0.15) is 18.2 Å². The molecule has 1 aromatic heterocycles. The Morgan fingerprint density at radius 1 is 1.12 bits per heavy atom. The number of hydrogen-bond acceptors (Lipinski definition) is 10. The third kappa shape index (κ3) is 9.43. The predicted molar refractivity (Wildman–Crippen MR) is 216 cm³/mol. The van der Waals surface area contributed by atoms with Gasteiger partial charge < -0.3 is 29.7 Å². The number of rotatable bonds is 10. The van der Waals surface area contributed by atoms with E-state index in [1.807, 2.05) is 19.9 Å². The largest absolute Gasteiger partial charge is 0.478 e. The molecule has 1 saturated heterocycles. The van der Waals surface area contributed by atoms with E-state index in [-0.39, 0.29) is 37.1 Å². The molecule has 4 amide bonds. The topological polar surface area (TPSA) is 182 Å². The van der Waals surface area contributed by atoms with Gasteiger partial charge in [-0.25, -0.2) is 13.2 Å². The molecule has 60 heavy (non-hydrogen) atoms. The molecule has 2 aliphatic heterocycles. The summed E-state index contributed by atoms with van der Waals surface area (Å²) in [6.45, 7) is 8.54. The molecular formula is C41H53ClF3N5O9S. The van der Waals surface area contributed by atoms with Gasteiger partial charge in [-0.1, -0.05) is 50.6 Å². The minimum atomic E-state index is -4.92. The van der Waals surface area contributed by atoms with E-state index in [4.69, 9.17) is 25.8 Å². The van der Waals surface area contributed by atoms with Gasteiger partial charge >= 0.3 is 12.3 Å². The Bertz CT molecular complexity index is 2150. The fraction of sp³-hybridized carbons (Fsp3) is 0.634. The first-order valence-corrected chi connectivity index (χ1v) is 22.2. The first-order valence-electron chi connectivity index (χ1n) is 20.3. The predicted octanol–water partition coefficient (Wildman–Crippen LogP) is 6.35. The van der Waals surface area contributed by atoms with E-state index < -0.39 is 85.9 Å². The second kappa shape index (κ2) is 16.9. The van der Waals surface area contributed by atoms with Gasteiger partial charge in [0.1, 0.15) is 23.7 Å². The average Bonchev–Trinajstić information content (AvgIpc) is 4.04. The van der Waals surface area contributed by atoms with Crippen molar-refractivity contribution >= 4 is 56.2 Å². The second-order valence-corrected chi connectivity index (χ2v) is 20.0. The maximum absolute atomic E-state index is 14.8. The number of allylic oxidation sites excluding steroid dienone is 1. The molecule has 1 unspecified atom stereocenters. The molecule has 14 nitrogen and oxygen atoms in total. The van der Waals surface area contributed by atoms with E-state index in [0.717, 1.165) is 0 Å². The number of carbonyl (C=O) groups is 4. The van der Waals surface area contributed by atoms with Crippen molar-refractivity contribution in [2.24, 2.45) is 17.8 Å². The van der Waals surface area contributed by atoms with E-state index in [1.54, 1.807) is 37.3 Å². The van der Waals surface area contributed by atoms with Gasteiger partial charge in [-0.05, 0) is 89.7 Å². The quantitative estimate of drug-likeness (QED) is 0.228. The average molecular weight is 884 g/mol. The molecule has 4 aliphatic rings. The highest BCUT2D eigenvalue weighted by molar-refractivity contribution is 7.91. The van der Waals surface area contributed by atoms with Crippen molar-refractivity contribution in [3.8, 4) is 11.8 Å². The second-order valence-electron chi connectivity index (χ2n) is 17.4.